The molecule has 3 rings (SSSR count). The van der Waals surface area contributed by atoms with Crippen LogP contribution in [0.4, 0.5) is 27.9 Å². The van der Waals surface area contributed by atoms with Gasteiger partial charge in [-0.3, -0.25) is 14.7 Å². The second kappa shape index (κ2) is 7.07. The number of pyridine rings is 1. The van der Waals surface area contributed by atoms with Gasteiger partial charge in [0.15, 0.2) is 17.3 Å². The molecule has 3 aromatic rings. The summed E-state index contributed by atoms with van der Waals surface area (Å²) in [7, 11) is 0. The van der Waals surface area contributed by atoms with Crippen molar-refractivity contribution in [2.45, 2.75) is 32.0 Å². The molecule has 1 aromatic carbocycles. The number of imidazole rings is 1. The fourth-order valence-electron chi connectivity index (χ4n) is 2.63. The first-order chi connectivity index (χ1) is 13.3. The second-order valence-electron chi connectivity index (χ2n) is 6.94. The quantitative estimate of drug-likeness (QED) is 0.637. The van der Waals surface area contributed by atoms with Gasteiger partial charge < -0.3 is 5.11 Å². The third-order valence-electron chi connectivity index (χ3n) is 3.80. The van der Waals surface area contributed by atoms with E-state index in [1.54, 1.807) is 0 Å². The minimum Gasteiger partial charge on any atom is -0.390 e. The predicted octanol–water partition coefficient (Wildman–Crippen LogP) is 3.82. The van der Waals surface area contributed by atoms with Gasteiger partial charge in [0.2, 0.25) is 11.9 Å². The normalized spacial score (nSPS) is 12.4. The number of amides is 1. The van der Waals surface area contributed by atoms with Crippen LogP contribution < -0.4 is 5.32 Å². The van der Waals surface area contributed by atoms with Gasteiger partial charge in [0.25, 0.3) is 0 Å². The Morgan fingerprint density at radius 2 is 1.79 bits per heavy atom. The standard InChI is InChI=1S/C18H15F5N4O2/c1-17(2,29)8-14(28)26-16-24-12-5-6-13(18(21,22)23)25-15(12)27(16)9-3-4-10(19)11(20)7-9/h3-7,29H,8H2,1-2H3,(H,24,26,28). The molecule has 154 valence electrons. The topological polar surface area (TPSA) is 80.0 Å². The molecule has 2 aromatic heterocycles. The molecule has 29 heavy (non-hydrogen) atoms. The Hall–Kier alpha value is -3.08. The van der Waals surface area contributed by atoms with Crippen LogP contribution in [0.15, 0.2) is 30.3 Å². The summed E-state index contributed by atoms with van der Waals surface area (Å²) in [5.41, 5.74) is -3.00. The van der Waals surface area contributed by atoms with Crippen molar-refractivity contribution in [1.29, 1.82) is 0 Å². The van der Waals surface area contributed by atoms with E-state index < -0.39 is 35.0 Å². The highest BCUT2D eigenvalue weighted by Gasteiger charge is 2.33. The lowest BCUT2D eigenvalue weighted by molar-refractivity contribution is -0.141. The average Bonchev–Trinajstić information content (AvgIpc) is 2.91. The zero-order valence-electron chi connectivity index (χ0n) is 15.2. The van der Waals surface area contributed by atoms with Gasteiger partial charge in [0.1, 0.15) is 11.2 Å². The van der Waals surface area contributed by atoms with Crippen molar-refractivity contribution in [3.8, 4) is 5.69 Å². The Bertz CT molecular complexity index is 1090. The summed E-state index contributed by atoms with van der Waals surface area (Å²) < 4.78 is 67.2. The molecule has 11 heteroatoms. The number of fused-ring (bicyclic) bond motifs is 1. The number of rotatable bonds is 4. The third kappa shape index (κ3) is 4.50. The van der Waals surface area contributed by atoms with E-state index >= 15 is 0 Å². The third-order valence-corrected chi connectivity index (χ3v) is 3.80. The SMILES string of the molecule is CC(C)(O)CC(=O)Nc1nc2ccc(C(F)(F)F)nc2n1-c1ccc(F)c(F)c1. The highest BCUT2D eigenvalue weighted by atomic mass is 19.4. The van der Waals surface area contributed by atoms with Crippen molar-refractivity contribution in [3.05, 3.63) is 47.7 Å². The molecule has 6 nitrogen and oxygen atoms in total. The maximum absolute atomic E-state index is 13.7. The van der Waals surface area contributed by atoms with Gasteiger partial charge in [-0.2, -0.15) is 13.2 Å². The number of nitrogens with zero attached hydrogens (tertiary/aromatic N) is 3. The molecular formula is C18H15F5N4O2. The van der Waals surface area contributed by atoms with E-state index in [1.807, 2.05) is 0 Å². The van der Waals surface area contributed by atoms with Gasteiger partial charge in [-0.1, -0.05) is 0 Å². The summed E-state index contributed by atoms with van der Waals surface area (Å²) in [6, 6.07) is 4.39. The number of hydrogen-bond donors (Lipinski definition) is 2. The molecule has 0 aliphatic rings. The molecule has 0 spiro atoms. The van der Waals surface area contributed by atoms with E-state index in [4.69, 9.17) is 0 Å². The van der Waals surface area contributed by atoms with Crippen molar-refractivity contribution < 1.29 is 31.9 Å². The Labute approximate surface area is 161 Å². The Morgan fingerprint density at radius 1 is 1.10 bits per heavy atom. The van der Waals surface area contributed by atoms with Gasteiger partial charge in [0.05, 0.1) is 17.7 Å². The van der Waals surface area contributed by atoms with Crippen molar-refractivity contribution in [2.75, 3.05) is 5.32 Å². The van der Waals surface area contributed by atoms with Crippen molar-refractivity contribution in [1.82, 2.24) is 14.5 Å². The van der Waals surface area contributed by atoms with Crippen LogP contribution >= 0.6 is 0 Å². The van der Waals surface area contributed by atoms with E-state index in [1.165, 1.54) is 13.8 Å². The van der Waals surface area contributed by atoms with Crippen LogP contribution in [0.25, 0.3) is 16.9 Å². The van der Waals surface area contributed by atoms with Crippen molar-refractivity contribution in [2.24, 2.45) is 0 Å². The van der Waals surface area contributed by atoms with Crippen molar-refractivity contribution >= 4 is 23.0 Å². The molecule has 0 saturated carbocycles. The predicted molar refractivity (Wildman–Crippen MR) is 93.3 cm³/mol. The van der Waals surface area contributed by atoms with E-state index in [2.05, 4.69) is 15.3 Å². The van der Waals surface area contributed by atoms with E-state index in [9.17, 15) is 31.9 Å². The number of hydrogen-bond acceptors (Lipinski definition) is 4. The Kier molecular flexibility index (Phi) is 5.03. The minimum atomic E-state index is -4.75. The van der Waals surface area contributed by atoms with Gasteiger partial charge in [-0.15, -0.1) is 0 Å². The van der Waals surface area contributed by atoms with Crippen LogP contribution in [0.3, 0.4) is 0 Å². The van der Waals surface area contributed by atoms with Crippen molar-refractivity contribution in [3.63, 3.8) is 0 Å². The highest BCUT2D eigenvalue weighted by molar-refractivity contribution is 5.92. The smallest absolute Gasteiger partial charge is 0.390 e. The lowest BCUT2D eigenvalue weighted by atomic mass is 10.1. The molecule has 0 bridgehead atoms. The highest BCUT2D eigenvalue weighted by Crippen LogP contribution is 2.31. The lowest BCUT2D eigenvalue weighted by Crippen LogP contribution is -2.28. The number of carbonyl (C=O) groups is 1. The number of aliphatic hydroxyl groups is 1. The van der Waals surface area contributed by atoms with E-state index in [0.717, 1.165) is 28.8 Å². The Morgan fingerprint density at radius 3 is 2.38 bits per heavy atom. The zero-order chi connectivity index (χ0) is 21.6. The van der Waals surface area contributed by atoms with Gasteiger partial charge >= 0.3 is 6.18 Å². The summed E-state index contributed by atoms with van der Waals surface area (Å²) in [5, 5.41) is 12.1. The maximum Gasteiger partial charge on any atom is 0.433 e. The van der Waals surface area contributed by atoms with Crippen LogP contribution in [0.1, 0.15) is 26.0 Å². The molecule has 0 atom stereocenters. The van der Waals surface area contributed by atoms with Gasteiger partial charge in [-0.25, -0.2) is 18.7 Å². The van der Waals surface area contributed by atoms with E-state index in [-0.39, 0.29) is 29.2 Å². The largest absolute Gasteiger partial charge is 0.433 e. The summed E-state index contributed by atoms with van der Waals surface area (Å²) in [4.78, 5) is 19.8. The molecule has 0 fully saturated rings. The fourth-order valence-corrected chi connectivity index (χ4v) is 2.63. The summed E-state index contributed by atoms with van der Waals surface area (Å²) >= 11 is 0. The molecule has 1 amide bonds. The molecular weight excluding hydrogens is 399 g/mol. The molecule has 0 saturated heterocycles. The first kappa shape index (κ1) is 20.6. The molecule has 0 aliphatic carbocycles. The van der Waals surface area contributed by atoms with Gasteiger partial charge in [0, 0.05) is 6.07 Å². The molecule has 2 N–H and O–H groups in total. The second-order valence-corrected chi connectivity index (χ2v) is 6.94. The fraction of sp³-hybridized carbons (Fsp3) is 0.278. The number of halogens is 5. The van der Waals surface area contributed by atoms with Gasteiger partial charge in [-0.05, 0) is 38.1 Å². The first-order valence-corrected chi connectivity index (χ1v) is 8.29. The molecule has 0 radical (unpaired) electrons. The lowest BCUT2D eigenvalue weighted by Gasteiger charge is -2.16. The monoisotopic (exact) mass is 414 g/mol. The molecule has 2 heterocycles. The Balaban J connectivity index is 2.19. The number of aromatic nitrogens is 3. The number of nitrogens with one attached hydrogen (secondary N) is 1. The number of alkyl halides is 3. The molecule has 0 unspecified atom stereocenters. The van der Waals surface area contributed by atoms with Crippen LogP contribution in [-0.2, 0) is 11.0 Å². The van der Waals surface area contributed by atoms with Crippen LogP contribution in [0.2, 0.25) is 0 Å². The minimum absolute atomic E-state index is 0.0127. The maximum atomic E-state index is 13.7. The average molecular weight is 414 g/mol. The number of carbonyl (C=O) groups excluding carboxylic acids is 1. The molecule has 0 aliphatic heterocycles. The van der Waals surface area contributed by atoms with Crippen LogP contribution in [0.5, 0.6) is 0 Å². The number of anilines is 1. The van der Waals surface area contributed by atoms with Crippen LogP contribution in [0, 0.1) is 11.6 Å². The first-order valence-electron chi connectivity index (χ1n) is 8.29. The summed E-state index contributed by atoms with van der Waals surface area (Å²) in [6.45, 7) is 2.78. The van der Waals surface area contributed by atoms with Crippen LogP contribution in [-0.4, -0.2) is 31.1 Å². The summed E-state index contributed by atoms with van der Waals surface area (Å²) in [5.74, 6) is -3.35. The summed E-state index contributed by atoms with van der Waals surface area (Å²) in [6.07, 6.45) is -5.09. The number of benzene rings is 1. The van der Waals surface area contributed by atoms with E-state index in [0.29, 0.717) is 6.07 Å². The zero-order valence-corrected chi connectivity index (χ0v) is 15.2.